The van der Waals surface area contributed by atoms with E-state index < -0.39 is 16.1 Å². The number of pyridine rings is 1. The normalized spacial score (nSPS) is 18.2. The zero-order valence-electron chi connectivity index (χ0n) is 13.6. The molecule has 1 aliphatic rings. The summed E-state index contributed by atoms with van der Waals surface area (Å²) >= 11 is 5.77. The minimum absolute atomic E-state index is 0.197. The molecule has 1 N–H and O–H groups in total. The van der Waals surface area contributed by atoms with Gasteiger partial charge in [0.05, 0.1) is 9.92 Å². The van der Waals surface area contributed by atoms with Crippen LogP contribution in [0.2, 0.25) is 5.02 Å². The van der Waals surface area contributed by atoms with Crippen molar-refractivity contribution >= 4 is 33.3 Å². The molecule has 0 saturated carbocycles. The van der Waals surface area contributed by atoms with E-state index in [4.69, 9.17) is 11.6 Å². The maximum Gasteiger partial charge on any atom is 0.243 e. The van der Waals surface area contributed by atoms with E-state index in [-0.39, 0.29) is 10.8 Å². The topological polar surface area (TPSA) is 79.4 Å². The molecule has 1 aromatic heterocycles. The molecule has 0 radical (unpaired) electrons. The van der Waals surface area contributed by atoms with Crippen molar-refractivity contribution in [2.75, 3.05) is 11.9 Å². The lowest BCUT2D eigenvalue weighted by atomic mass is 10.2. The fraction of sp³-hybridized carbons (Fsp3) is 0.294. The lowest BCUT2D eigenvalue weighted by Gasteiger charge is -2.23. The SMILES string of the molecule is Cc1ccc(S(=O)(=O)N2CCC[C@H]2C(=O)Nc2ccc(Cl)cn2)cc1. The molecule has 1 fully saturated rings. The third kappa shape index (κ3) is 3.84. The average Bonchev–Trinajstić information content (AvgIpc) is 3.08. The minimum Gasteiger partial charge on any atom is -0.309 e. The van der Waals surface area contributed by atoms with Crippen LogP contribution in [-0.2, 0) is 14.8 Å². The van der Waals surface area contributed by atoms with Gasteiger partial charge < -0.3 is 5.32 Å². The first-order valence-corrected chi connectivity index (χ1v) is 9.71. The number of nitrogens with zero attached hydrogens (tertiary/aromatic N) is 2. The van der Waals surface area contributed by atoms with Crippen LogP contribution in [0.4, 0.5) is 5.82 Å². The van der Waals surface area contributed by atoms with Gasteiger partial charge in [-0.25, -0.2) is 13.4 Å². The molecular weight excluding hydrogens is 362 g/mol. The Morgan fingerprint density at radius 1 is 1.24 bits per heavy atom. The van der Waals surface area contributed by atoms with Crippen LogP contribution in [0.3, 0.4) is 0 Å². The van der Waals surface area contributed by atoms with E-state index in [9.17, 15) is 13.2 Å². The summed E-state index contributed by atoms with van der Waals surface area (Å²) in [5.41, 5.74) is 0.975. The number of amides is 1. The van der Waals surface area contributed by atoms with Crippen molar-refractivity contribution in [3.05, 3.63) is 53.2 Å². The number of rotatable bonds is 4. The molecule has 2 heterocycles. The third-order valence-electron chi connectivity index (χ3n) is 4.11. The highest BCUT2D eigenvalue weighted by molar-refractivity contribution is 7.89. The zero-order chi connectivity index (χ0) is 18.0. The summed E-state index contributed by atoms with van der Waals surface area (Å²) in [7, 11) is -3.72. The van der Waals surface area contributed by atoms with Crippen LogP contribution in [0.25, 0.3) is 0 Å². The van der Waals surface area contributed by atoms with Gasteiger partial charge in [-0.3, -0.25) is 4.79 Å². The Morgan fingerprint density at radius 2 is 1.96 bits per heavy atom. The molecule has 8 heteroatoms. The first-order chi connectivity index (χ1) is 11.9. The summed E-state index contributed by atoms with van der Waals surface area (Å²) in [6.45, 7) is 2.21. The van der Waals surface area contributed by atoms with E-state index in [1.54, 1.807) is 36.4 Å². The molecule has 1 saturated heterocycles. The van der Waals surface area contributed by atoms with E-state index in [1.807, 2.05) is 6.92 Å². The van der Waals surface area contributed by atoms with Gasteiger partial charge in [-0.1, -0.05) is 29.3 Å². The standard InChI is InChI=1S/C17H18ClN3O3S/c1-12-4-7-14(8-5-12)25(23,24)21-10-2-3-15(21)17(22)20-16-9-6-13(18)11-19-16/h4-9,11,15H,2-3,10H2,1H3,(H,19,20,22)/t15-/m0/s1. The molecule has 25 heavy (non-hydrogen) atoms. The molecule has 0 unspecified atom stereocenters. The number of carbonyl (C=O) groups is 1. The molecule has 6 nitrogen and oxygen atoms in total. The van der Waals surface area contributed by atoms with Gasteiger partial charge in [-0.2, -0.15) is 4.31 Å². The number of carbonyl (C=O) groups excluding carboxylic acids is 1. The van der Waals surface area contributed by atoms with E-state index in [0.717, 1.165) is 5.56 Å². The van der Waals surface area contributed by atoms with Crippen molar-refractivity contribution in [1.29, 1.82) is 0 Å². The van der Waals surface area contributed by atoms with Gasteiger partial charge >= 0.3 is 0 Å². The van der Waals surface area contributed by atoms with Gasteiger partial charge in [-0.15, -0.1) is 0 Å². The van der Waals surface area contributed by atoms with Gasteiger partial charge in [0, 0.05) is 12.7 Å². The number of nitrogens with one attached hydrogen (secondary N) is 1. The summed E-state index contributed by atoms with van der Waals surface area (Å²) in [5.74, 6) is -0.0445. The van der Waals surface area contributed by atoms with Crippen molar-refractivity contribution in [2.45, 2.75) is 30.7 Å². The number of benzene rings is 1. The highest BCUT2D eigenvalue weighted by Gasteiger charge is 2.39. The van der Waals surface area contributed by atoms with Crippen LogP contribution >= 0.6 is 11.6 Å². The maximum atomic E-state index is 12.9. The predicted octanol–water partition coefficient (Wildman–Crippen LogP) is 2.84. The number of aryl methyl sites for hydroxylation is 1. The molecule has 1 atom stereocenters. The zero-order valence-corrected chi connectivity index (χ0v) is 15.2. The van der Waals surface area contributed by atoms with Crippen LogP contribution < -0.4 is 5.32 Å². The van der Waals surface area contributed by atoms with Gasteiger partial charge in [0.25, 0.3) is 0 Å². The number of halogens is 1. The lowest BCUT2D eigenvalue weighted by molar-refractivity contribution is -0.119. The maximum absolute atomic E-state index is 12.9. The first-order valence-electron chi connectivity index (χ1n) is 7.89. The van der Waals surface area contributed by atoms with Gasteiger partial charge in [0.15, 0.2) is 0 Å². The molecule has 0 aliphatic carbocycles. The third-order valence-corrected chi connectivity index (χ3v) is 6.26. The predicted molar refractivity (Wildman–Crippen MR) is 96.0 cm³/mol. The van der Waals surface area contributed by atoms with Crippen molar-refractivity contribution in [2.24, 2.45) is 0 Å². The monoisotopic (exact) mass is 379 g/mol. The quantitative estimate of drug-likeness (QED) is 0.885. The Bertz CT molecular complexity index is 867. The first kappa shape index (κ1) is 17.8. The van der Waals surface area contributed by atoms with Crippen LogP contribution in [0.5, 0.6) is 0 Å². The Morgan fingerprint density at radius 3 is 2.60 bits per heavy atom. The number of anilines is 1. The fourth-order valence-electron chi connectivity index (χ4n) is 2.79. The summed E-state index contributed by atoms with van der Waals surface area (Å²) in [4.78, 5) is 16.8. The van der Waals surface area contributed by atoms with Crippen molar-refractivity contribution in [3.63, 3.8) is 0 Å². The molecule has 3 rings (SSSR count). The molecule has 0 spiro atoms. The van der Waals surface area contributed by atoms with E-state index in [2.05, 4.69) is 10.3 Å². The molecule has 132 valence electrons. The Kier molecular flexibility index (Phi) is 5.08. The number of hydrogen-bond acceptors (Lipinski definition) is 4. The highest BCUT2D eigenvalue weighted by Crippen LogP contribution is 2.27. The largest absolute Gasteiger partial charge is 0.309 e. The number of hydrogen-bond donors (Lipinski definition) is 1. The van der Waals surface area contributed by atoms with Gasteiger partial charge in [-0.05, 0) is 44.0 Å². The average molecular weight is 380 g/mol. The van der Waals surface area contributed by atoms with E-state index in [0.29, 0.717) is 30.2 Å². The van der Waals surface area contributed by atoms with Crippen molar-refractivity contribution in [1.82, 2.24) is 9.29 Å². The molecular formula is C17H18ClN3O3S. The minimum atomic E-state index is -3.72. The van der Waals surface area contributed by atoms with Crippen LogP contribution in [-0.4, -0.2) is 36.2 Å². The number of aromatic nitrogens is 1. The Labute approximate surface area is 151 Å². The summed E-state index contributed by atoms with van der Waals surface area (Å²) in [6, 6.07) is 9.07. The molecule has 1 amide bonds. The lowest BCUT2D eigenvalue weighted by Crippen LogP contribution is -2.43. The van der Waals surface area contributed by atoms with Crippen molar-refractivity contribution < 1.29 is 13.2 Å². The Balaban J connectivity index is 1.80. The highest BCUT2D eigenvalue weighted by atomic mass is 35.5. The summed E-state index contributed by atoms with van der Waals surface area (Å²) in [6.07, 6.45) is 2.54. The summed E-state index contributed by atoms with van der Waals surface area (Å²) in [5, 5.41) is 3.12. The van der Waals surface area contributed by atoms with Gasteiger partial charge in [0.2, 0.25) is 15.9 Å². The number of sulfonamides is 1. The summed E-state index contributed by atoms with van der Waals surface area (Å²) < 4.78 is 27.0. The molecule has 0 bridgehead atoms. The Hall–Kier alpha value is -1.96. The second-order valence-corrected chi connectivity index (χ2v) is 8.26. The van der Waals surface area contributed by atoms with Crippen molar-refractivity contribution in [3.8, 4) is 0 Å². The van der Waals surface area contributed by atoms with E-state index in [1.165, 1.54) is 10.5 Å². The van der Waals surface area contributed by atoms with Gasteiger partial charge in [0.1, 0.15) is 11.9 Å². The second-order valence-electron chi connectivity index (χ2n) is 5.94. The van der Waals surface area contributed by atoms with Crippen LogP contribution in [0.1, 0.15) is 18.4 Å². The second kappa shape index (κ2) is 7.11. The van der Waals surface area contributed by atoms with Crippen LogP contribution in [0.15, 0.2) is 47.5 Å². The van der Waals surface area contributed by atoms with Crippen LogP contribution in [0, 0.1) is 6.92 Å². The molecule has 1 aromatic carbocycles. The molecule has 1 aliphatic heterocycles. The molecule has 2 aromatic rings. The van der Waals surface area contributed by atoms with E-state index >= 15 is 0 Å². The smallest absolute Gasteiger partial charge is 0.243 e. The fourth-order valence-corrected chi connectivity index (χ4v) is 4.56.